The number of benzene rings is 1. The number of fused-ring (bicyclic) bond motifs is 1. The smallest absolute Gasteiger partial charge is 0.191 e. The second-order valence-electron chi connectivity index (χ2n) is 4.98. The van der Waals surface area contributed by atoms with Crippen LogP contribution in [0.15, 0.2) is 24.3 Å². The Morgan fingerprint density at radius 2 is 1.88 bits per heavy atom. The number of carbonyl (C=O) groups is 1. The van der Waals surface area contributed by atoms with Gasteiger partial charge in [-0.2, -0.15) is 0 Å². The fourth-order valence-corrected chi connectivity index (χ4v) is 1.63. The van der Waals surface area contributed by atoms with Crippen LogP contribution in [0.3, 0.4) is 0 Å². The highest BCUT2D eigenvalue weighted by Gasteiger charge is 2.34. The zero-order valence-corrected chi connectivity index (χ0v) is 9.82. The summed E-state index contributed by atoms with van der Waals surface area (Å²) in [5.41, 5.74) is -0.402. The Balaban J connectivity index is 2.17. The van der Waals surface area contributed by atoms with Crippen molar-refractivity contribution in [2.45, 2.75) is 26.9 Å². The minimum atomic E-state index is -0.491. The van der Waals surface area contributed by atoms with E-state index >= 15 is 0 Å². The third kappa shape index (κ3) is 2.03. The van der Waals surface area contributed by atoms with Gasteiger partial charge in [-0.1, -0.05) is 32.9 Å². The van der Waals surface area contributed by atoms with Gasteiger partial charge in [-0.15, -0.1) is 0 Å². The molecular weight excluding hydrogens is 204 g/mol. The predicted octanol–water partition coefficient (Wildman–Crippen LogP) is 2.44. The third-order valence-corrected chi connectivity index (χ3v) is 2.54. The van der Waals surface area contributed by atoms with Crippen molar-refractivity contribution in [2.24, 2.45) is 5.41 Å². The molecule has 2 rings (SSSR count). The summed E-state index contributed by atoms with van der Waals surface area (Å²) in [4.78, 5) is 12.0. The minimum Gasteiger partial charge on any atom is -0.485 e. The van der Waals surface area contributed by atoms with E-state index in [2.05, 4.69) is 0 Å². The Morgan fingerprint density at radius 1 is 1.25 bits per heavy atom. The molecule has 3 nitrogen and oxygen atoms in total. The van der Waals surface area contributed by atoms with Crippen LogP contribution in [0.2, 0.25) is 0 Å². The number of ether oxygens (including phenoxy) is 2. The molecule has 0 aliphatic carbocycles. The summed E-state index contributed by atoms with van der Waals surface area (Å²) in [7, 11) is 0. The molecule has 0 fully saturated rings. The van der Waals surface area contributed by atoms with Crippen molar-refractivity contribution in [3.05, 3.63) is 24.3 Å². The molecule has 0 bridgehead atoms. The van der Waals surface area contributed by atoms with Gasteiger partial charge in [0, 0.05) is 5.41 Å². The molecule has 0 N–H and O–H groups in total. The maximum atomic E-state index is 12.0. The molecule has 1 aromatic carbocycles. The van der Waals surface area contributed by atoms with Gasteiger partial charge < -0.3 is 9.47 Å². The van der Waals surface area contributed by atoms with Crippen molar-refractivity contribution < 1.29 is 14.3 Å². The fourth-order valence-electron chi connectivity index (χ4n) is 1.63. The Morgan fingerprint density at radius 3 is 2.50 bits per heavy atom. The first-order valence-electron chi connectivity index (χ1n) is 5.41. The zero-order valence-electron chi connectivity index (χ0n) is 9.82. The molecule has 1 aromatic rings. The average molecular weight is 220 g/mol. The first-order chi connectivity index (χ1) is 7.48. The predicted molar refractivity (Wildman–Crippen MR) is 60.8 cm³/mol. The quantitative estimate of drug-likeness (QED) is 0.729. The normalized spacial score (nSPS) is 19.3. The van der Waals surface area contributed by atoms with Gasteiger partial charge in [0.1, 0.15) is 6.61 Å². The van der Waals surface area contributed by atoms with Crippen LogP contribution in [-0.2, 0) is 4.79 Å². The highest BCUT2D eigenvalue weighted by Crippen LogP contribution is 2.32. The number of Topliss-reactive ketones (excluding diaryl/α,β-unsaturated/α-hetero) is 1. The fraction of sp³-hybridized carbons (Fsp3) is 0.462. The van der Waals surface area contributed by atoms with Crippen LogP contribution < -0.4 is 9.47 Å². The highest BCUT2D eigenvalue weighted by molar-refractivity contribution is 5.88. The number of ketones is 1. The summed E-state index contributed by atoms with van der Waals surface area (Å²) in [5.74, 6) is 1.43. The SMILES string of the molecule is CC(C)(C)C(=O)C1COc2ccccc2O1. The number of rotatable bonds is 1. The standard InChI is InChI=1S/C13H16O3/c1-13(2,3)12(14)11-8-15-9-6-4-5-7-10(9)16-11/h4-7,11H,8H2,1-3H3. The maximum Gasteiger partial charge on any atom is 0.191 e. The van der Waals surface area contributed by atoms with Gasteiger partial charge in [-0.05, 0) is 12.1 Å². The maximum absolute atomic E-state index is 12.0. The Hall–Kier alpha value is -1.51. The van der Waals surface area contributed by atoms with Crippen LogP contribution in [0.5, 0.6) is 11.5 Å². The van der Waals surface area contributed by atoms with E-state index in [-0.39, 0.29) is 5.78 Å². The van der Waals surface area contributed by atoms with Gasteiger partial charge in [0.05, 0.1) is 0 Å². The topological polar surface area (TPSA) is 35.5 Å². The molecule has 0 amide bonds. The summed E-state index contributed by atoms with van der Waals surface area (Å²) in [5, 5.41) is 0. The van der Waals surface area contributed by atoms with Gasteiger partial charge in [0.15, 0.2) is 23.4 Å². The summed E-state index contributed by atoms with van der Waals surface area (Å²) < 4.78 is 11.2. The van der Waals surface area contributed by atoms with Crippen molar-refractivity contribution in [3.8, 4) is 11.5 Å². The lowest BCUT2D eigenvalue weighted by atomic mass is 9.87. The molecule has 1 unspecified atom stereocenters. The zero-order chi connectivity index (χ0) is 11.8. The van der Waals surface area contributed by atoms with Gasteiger partial charge in [0.2, 0.25) is 0 Å². The molecule has 1 aliphatic rings. The minimum absolute atomic E-state index is 0.0713. The number of hydrogen-bond donors (Lipinski definition) is 0. The molecule has 0 spiro atoms. The van der Waals surface area contributed by atoms with Crippen LogP contribution in [0.4, 0.5) is 0 Å². The van der Waals surface area contributed by atoms with E-state index in [1.165, 1.54) is 0 Å². The summed E-state index contributed by atoms with van der Waals surface area (Å²) >= 11 is 0. The molecule has 16 heavy (non-hydrogen) atoms. The largest absolute Gasteiger partial charge is 0.485 e. The van der Waals surface area contributed by atoms with E-state index in [4.69, 9.17) is 9.47 Å². The van der Waals surface area contributed by atoms with E-state index in [9.17, 15) is 4.79 Å². The Labute approximate surface area is 95.4 Å². The monoisotopic (exact) mass is 220 g/mol. The van der Waals surface area contributed by atoms with Gasteiger partial charge in [-0.3, -0.25) is 4.79 Å². The van der Waals surface area contributed by atoms with Crippen LogP contribution >= 0.6 is 0 Å². The molecule has 3 heteroatoms. The molecular formula is C13H16O3. The lowest BCUT2D eigenvalue weighted by molar-refractivity contribution is -0.135. The molecule has 0 saturated carbocycles. The van der Waals surface area contributed by atoms with Crippen molar-refractivity contribution in [2.75, 3.05) is 6.61 Å². The molecule has 0 saturated heterocycles. The van der Waals surface area contributed by atoms with Crippen molar-refractivity contribution in [1.29, 1.82) is 0 Å². The van der Waals surface area contributed by atoms with Crippen LogP contribution in [0.1, 0.15) is 20.8 Å². The number of para-hydroxylation sites is 2. The molecule has 1 atom stereocenters. The lowest BCUT2D eigenvalue weighted by Gasteiger charge is -2.29. The molecule has 0 aromatic heterocycles. The third-order valence-electron chi connectivity index (χ3n) is 2.54. The summed E-state index contributed by atoms with van der Waals surface area (Å²) in [6.07, 6.45) is -0.491. The Bertz CT molecular complexity index is 404. The van der Waals surface area contributed by atoms with E-state index in [0.717, 1.165) is 0 Å². The number of carbonyl (C=O) groups excluding carboxylic acids is 1. The van der Waals surface area contributed by atoms with E-state index < -0.39 is 11.5 Å². The Kier molecular flexibility index (Phi) is 2.62. The van der Waals surface area contributed by atoms with Crippen molar-refractivity contribution >= 4 is 5.78 Å². The van der Waals surface area contributed by atoms with Crippen LogP contribution in [-0.4, -0.2) is 18.5 Å². The number of hydrogen-bond acceptors (Lipinski definition) is 3. The highest BCUT2D eigenvalue weighted by atomic mass is 16.6. The van der Waals surface area contributed by atoms with E-state index in [1.54, 1.807) is 0 Å². The van der Waals surface area contributed by atoms with E-state index in [1.807, 2.05) is 45.0 Å². The first kappa shape index (κ1) is 11.0. The lowest BCUT2D eigenvalue weighted by Crippen LogP contribution is -2.42. The van der Waals surface area contributed by atoms with Gasteiger partial charge >= 0.3 is 0 Å². The van der Waals surface area contributed by atoms with Gasteiger partial charge in [-0.25, -0.2) is 0 Å². The second-order valence-corrected chi connectivity index (χ2v) is 4.98. The molecule has 1 aliphatic heterocycles. The van der Waals surface area contributed by atoms with Gasteiger partial charge in [0.25, 0.3) is 0 Å². The van der Waals surface area contributed by atoms with Crippen LogP contribution in [0.25, 0.3) is 0 Å². The second kappa shape index (κ2) is 3.81. The summed E-state index contributed by atoms with van der Waals surface area (Å²) in [6, 6.07) is 7.41. The molecule has 0 radical (unpaired) electrons. The molecule has 86 valence electrons. The van der Waals surface area contributed by atoms with Crippen molar-refractivity contribution in [3.63, 3.8) is 0 Å². The van der Waals surface area contributed by atoms with E-state index in [0.29, 0.717) is 18.1 Å². The van der Waals surface area contributed by atoms with Crippen molar-refractivity contribution in [1.82, 2.24) is 0 Å². The average Bonchev–Trinajstić information content (AvgIpc) is 2.26. The summed E-state index contributed by atoms with van der Waals surface area (Å²) in [6.45, 7) is 5.96. The molecule has 1 heterocycles. The first-order valence-corrected chi connectivity index (χ1v) is 5.41. The van der Waals surface area contributed by atoms with Crippen LogP contribution in [0, 0.1) is 5.41 Å².